The van der Waals surface area contributed by atoms with Crippen LogP contribution >= 0.6 is 0 Å². The molecule has 0 bridgehead atoms. The van der Waals surface area contributed by atoms with Crippen molar-refractivity contribution in [1.82, 2.24) is 0 Å². The maximum Gasteiger partial charge on any atom is 0.306 e. The van der Waals surface area contributed by atoms with Gasteiger partial charge in [0.05, 0.1) is 0 Å². The zero-order chi connectivity index (χ0) is 39.6. The zero-order valence-corrected chi connectivity index (χ0v) is 36.7. The summed E-state index contributed by atoms with van der Waals surface area (Å²) < 4.78 is 16.7. The lowest BCUT2D eigenvalue weighted by Gasteiger charge is -2.18. The van der Waals surface area contributed by atoms with Gasteiger partial charge < -0.3 is 14.2 Å². The summed E-state index contributed by atoms with van der Waals surface area (Å²) in [5, 5.41) is 0. The van der Waals surface area contributed by atoms with Crippen molar-refractivity contribution in [2.45, 2.75) is 271 Å². The van der Waals surface area contributed by atoms with E-state index >= 15 is 0 Å². The third-order valence-electron chi connectivity index (χ3n) is 11.2. The SMILES string of the molecule is CCCCCCCCCCCCCCCCCC(=O)OC[C@@H](COC(=O)CCCCCCCCC(C)CC)OC(=O)CCCCCCCCCCCCC. The lowest BCUT2D eigenvalue weighted by molar-refractivity contribution is -0.167. The van der Waals surface area contributed by atoms with Crippen molar-refractivity contribution in [3.63, 3.8) is 0 Å². The Morgan fingerprint density at radius 3 is 0.963 bits per heavy atom. The highest BCUT2D eigenvalue weighted by Gasteiger charge is 2.19. The number of hydrogen-bond acceptors (Lipinski definition) is 6. The minimum absolute atomic E-state index is 0.0640. The Balaban J connectivity index is 4.30. The fraction of sp³-hybridized carbons (Fsp3) is 0.938. The topological polar surface area (TPSA) is 78.9 Å². The molecule has 0 saturated carbocycles. The van der Waals surface area contributed by atoms with Crippen molar-refractivity contribution in [3.05, 3.63) is 0 Å². The number of carbonyl (C=O) groups is 3. The van der Waals surface area contributed by atoms with Gasteiger partial charge in [0, 0.05) is 19.3 Å². The molecule has 0 fully saturated rings. The van der Waals surface area contributed by atoms with Gasteiger partial charge in [-0.25, -0.2) is 0 Å². The van der Waals surface area contributed by atoms with Gasteiger partial charge in [0.1, 0.15) is 13.2 Å². The summed E-state index contributed by atoms with van der Waals surface area (Å²) in [6.07, 6.45) is 42.3. The number of ether oxygens (including phenoxy) is 3. The van der Waals surface area contributed by atoms with Crippen LogP contribution in [0.3, 0.4) is 0 Å². The molecule has 0 aliphatic carbocycles. The number of esters is 3. The van der Waals surface area contributed by atoms with Crippen LogP contribution in [0.5, 0.6) is 0 Å². The van der Waals surface area contributed by atoms with Crippen LogP contribution in [0.25, 0.3) is 0 Å². The summed E-state index contributed by atoms with van der Waals surface area (Å²) in [4.78, 5) is 37.7. The standard InChI is InChI=1S/C48H92O6/c1-5-8-10-12-14-16-18-19-20-21-23-24-26-31-35-39-46(49)52-42-45(43-53-47(50)40-36-32-29-28-30-34-38-44(4)7-3)54-48(51)41-37-33-27-25-22-17-15-13-11-9-6-2/h44-45H,5-43H2,1-4H3/t44?,45-/m0/s1. The molecule has 6 nitrogen and oxygen atoms in total. The number of rotatable bonds is 43. The van der Waals surface area contributed by atoms with Gasteiger partial charge in [-0.2, -0.15) is 0 Å². The molecule has 0 aliphatic heterocycles. The summed E-state index contributed by atoms with van der Waals surface area (Å²) in [6, 6.07) is 0. The van der Waals surface area contributed by atoms with E-state index < -0.39 is 6.10 Å². The minimum atomic E-state index is -0.760. The van der Waals surface area contributed by atoms with Crippen LogP contribution in [0.4, 0.5) is 0 Å². The monoisotopic (exact) mass is 765 g/mol. The van der Waals surface area contributed by atoms with Gasteiger partial charge in [0.25, 0.3) is 0 Å². The van der Waals surface area contributed by atoms with E-state index in [4.69, 9.17) is 14.2 Å². The number of unbranched alkanes of at least 4 members (excludes halogenated alkanes) is 29. The second-order valence-electron chi connectivity index (χ2n) is 16.6. The lowest BCUT2D eigenvalue weighted by atomic mass is 10.00. The third kappa shape index (κ3) is 40.1. The molecular formula is C48H92O6. The molecule has 0 rings (SSSR count). The Morgan fingerprint density at radius 1 is 0.370 bits per heavy atom. The van der Waals surface area contributed by atoms with Crippen LogP contribution in [-0.2, 0) is 28.6 Å². The molecule has 0 N–H and O–H groups in total. The largest absolute Gasteiger partial charge is 0.462 e. The van der Waals surface area contributed by atoms with Crippen molar-refractivity contribution in [3.8, 4) is 0 Å². The number of hydrogen-bond donors (Lipinski definition) is 0. The summed E-state index contributed by atoms with van der Waals surface area (Å²) >= 11 is 0. The Labute approximate surface area is 336 Å². The van der Waals surface area contributed by atoms with E-state index in [2.05, 4.69) is 27.7 Å². The first-order valence-corrected chi connectivity index (χ1v) is 23.9. The maximum atomic E-state index is 12.7. The molecule has 1 unspecified atom stereocenters. The van der Waals surface area contributed by atoms with Gasteiger partial charge in [-0.15, -0.1) is 0 Å². The maximum absolute atomic E-state index is 12.7. The van der Waals surface area contributed by atoms with E-state index in [0.29, 0.717) is 19.3 Å². The molecule has 0 radical (unpaired) electrons. The van der Waals surface area contributed by atoms with Crippen molar-refractivity contribution in [1.29, 1.82) is 0 Å². The third-order valence-corrected chi connectivity index (χ3v) is 11.2. The minimum Gasteiger partial charge on any atom is -0.462 e. The molecule has 54 heavy (non-hydrogen) atoms. The second kappa shape index (κ2) is 42.6. The molecule has 0 spiro atoms. The first kappa shape index (κ1) is 52.4. The first-order valence-electron chi connectivity index (χ1n) is 23.9. The quantitative estimate of drug-likeness (QED) is 0.0349. The molecule has 0 amide bonds. The second-order valence-corrected chi connectivity index (χ2v) is 16.6. The van der Waals surface area contributed by atoms with Crippen molar-refractivity contribution in [2.75, 3.05) is 13.2 Å². The highest BCUT2D eigenvalue weighted by atomic mass is 16.6. The summed E-state index contributed by atoms with van der Waals surface area (Å²) in [7, 11) is 0. The molecule has 0 aromatic heterocycles. The predicted molar refractivity (Wildman–Crippen MR) is 229 cm³/mol. The van der Waals surface area contributed by atoms with Crippen LogP contribution in [0.15, 0.2) is 0 Å². The summed E-state index contributed by atoms with van der Waals surface area (Å²) in [5.74, 6) is -0.0395. The van der Waals surface area contributed by atoms with E-state index in [1.54, 1.807) is 0 Å². The van der Waals surface area contributed by atoms with Gasteiger partial charge in [-0.1, -0.05) is 227 Å². The fourth-order valence-corrected chi connectivity index (χ4v) is 7.12. The van der Waals surface area contributed by atoms with Crippen LogP contribution in [0, 0.1) is 5.92 Å². The van der Waals surface area contributed by atoms with Gasteiger partial charge in [-0.3, -0.25) is 14.4 Å². The zero-order valence-electron chi connectivity index (χ0n) is 36.7. The summed E-state index contributed by atoms with van der Waals surface area (Å²) in [6.45, 7) is 8.97. The molecule has 0 saturated heterocycles. The molecule has 0 aromatic carbocycles. The highest BCUT2D eigenvalue weighted by Crippen LogP contribution is 2.17. The number of carbonyl (C=O) groups excluding carboxylic acids is 3. The molecule has 320 valence electrons. The van der Waals surface area contributed by atoms with Gasteiger partial charge in [0.2, 0.25) is 0 Å². The molecule has 0 aliphatic rings. The molecule has 0 heterocycles. The predicted octanol–water partition coefficient (Wildman–Crippen LogP) is 15.1. The molecular weight excluding hydrogens is 673 g/mol. The summed E-state index contributed by atoms with van der Waals surface area (Å²) in [5.41, 5.74) is 0. The Morgan fingerprint density at radius 2 is 0.648 bits per heavy atom. The van der Waals surface area contributed by atoms with Crippen molar-refractivity contribution < 1.29 is 28.6 Å². The van der Waals surface area contributed by atoms with Crippen LogP contribution < -0.4 is 0 Å². The molecule has 2 atom stereocenters. The van der Waals surface area contributed by atoms with Crippen LogP contribution in [0.2, 0.25) is 0 Å². The Hall–Kier alpha value is -1.59. The van der Waals surface area contributed by atoms with E-state index in [1.807, 2.05) is 0 Å². The smallest absolute Gasteiger partial charge is 0.306 e. The van der Waals surface area contributed by atoms with E-state index in [1.165, 1.54) is 161 Å². The molecule has 0 aromatic rings. The van der Waals surface area contributed by atoms with Crippen LogP contribution in [0.1, 0.15) is 265 Å². The Kier molecular flexibility index (Phi) is 41.3. The van der Waals surface area contributed by atoms with E-state index in [0.717, 1.165) is 63.7 Å². The van der Waals surface area contributed by atoms with Gasteiger partial charge in [0.15, 0.2) is 6.10 Å². The highest BCUT2D eigenvalue weighted by molar-refractivity contribution is 5.71. The van der Waals surface area contributed by atoms with Gasteiger partial charge in [-0.05, 0) is 25.2 Å². The first-order chi connectivity index (χ1) is 26.4. The van der Waals surface area contributed by atoms with Crippen LogP contribution in [-0.4, -0.2) is 37.2 Å². The lowest BCUT2D eigenvalue weighted by Crippen LogP contribution is -2.30. The van der Waals surface area contributed by atoms with E-state index in [-0.39, 0.29) is 31.1 Å². The van der Waals surface area contributed by atoms with Gasteiger partial charge >= 0.3 is 17.9 Å². The fourth-order valence-electron chi connectivity index (χ4n) is 7.12. The Bertz CT molecular complexity index is 813. The average Bonchev–Trinajstić information content (AvgIpc) is 3.17. The average molecular weight is 765 g/mol. The molecule has 6 heteroatoms. The van der Waals surface area contributed by atoms with Crippen molar-refractivity contribution in [2.24, 2.45) is 5.92 Å². The van der Waals surface area contributed by atoms with E-state index in [9.17, 15) is 14.4 Å². The van der Waals surface area contributed by atoms with Crippen molar-refractivity contribution >= 4 is 17.9 Å². The normalized spacial score (nSPS) is 12.4.